The van der Waals surface area contributed by atoms with Gasteiger partial charge in [0, 0.05) is 5.69 Å². The van der Waals surface area contributed by atoms with Crippen LogP contribution in [0.3, 0.4) is 0 Å². The standard InChI is InChI=1S/C14H23NO/c1-5-8-12-9-6-7-10-13(12)15-11(2)14(3,4)16/h6-7,9-11,15-16H,5,8H2,1-4H3. The fourth-order valence-corrected chi connectivity index (χ4v) is 1.56. The van der Waals surface area contributed by atoms with Gasteiger partial charge in [0.2, 0.25) is 0 Å². The molecule has 1 rings (SSSR count). The number of para-hydroxylation sites is 1. The summed E-state index contributed by atoms with van der Waals surface area (Å²) >= 11 is 0. The van der Waals surface area contributed by atoms with E-state index in [9.17, 15) is 5.11 Å². The Hall–Kier alpha value is -1.02. The predicted octanol–water partition coefficient (Wildman–Crippen LogP) is 3.21. The normalized spacial score (nSPS) is 13.6. The number of nitrogens with one attached hydrogen (secondary N) is 1. The van der Waals surface area contributed by atoms with Crippen LogP contribution in [0.25, 0.3) is 0 Å². The molecule has 0 aliphatic rings. The van der Waals surface area contributed by atoms with E-state index >= 15 is 0 Å². The molecule has 0 radical (unpaired) electrons. The molecule has 0 aromatic heterocycles. The lowest BCUT2D eigenvalue weighted by Gasteiger charge is -2.28. The molecule has 2 N–H and O–H groups in total. The molecule has 0 heterocycles. The number of aliphatic hydroxyl groups is 1. The smallest absolute Gasteiger partial charge is 0.0789 e. The van der Waals surface area contributed by atoms with E-state index in [0.717, 1.165) is 18.5 Å². The Bertz CT molecular complexity index is 328. The van der Waals surface area contributed by atoms with Crippen molar-refractivity contribution in [2.24, 2.45) is 0 Å². The summed E-state index contributed by atoms with van der Waals surface area (Å²) < 4.78 is 0. The highest BCUT2D eigenvalue weighted by Crippen LogP contribution is 2.20. The molecule has 0 saturated carbocycles. The van der Waals surface area contributed by atoms with E-state index in [1.807, 2.05) is 26.8 Å². The average Bonchev–Trinajstić information content (AvgIpc) is 2.20. The van der Waals surface area contributed by atoms with Crippen LogP contribution in [0.4, 0.5) is 5.69 Å². The molecule has 0 aliphatic heterocycles. The molecular formula is C14H23NO. The Kier molecular flexibility index (Phi) is 4.36. The van der Waals surface area contributed by atoms with Gasteiger partial charge in [0.15, 0.2) is 0 Å². The SMILES string of the molecule is CCCc1ccccc1NC(C)C(C)(C)O. The topological polar surface area (TPSA) is 32.3 Å². The van der Waals surface area contributed by atoms with Crippen LogP contribution in [0.15, 0.2) is 24.3 Å². The molecule has 0 aliphatic carbocycles. The molecule has 90 valence electrons. The van der Waals surface area contributed by atoms with Gasteiger partial charge in [-0.2, -0.15) is 0 Å². The zero-order valence-electron chi connectivity index (χ0n) is 10.7. The second-order valence-electron chi connectivity index (χ2n) is 4.93. The number of anilines is 1. The van der Waals surface area contributed by atoms with Crippen LogP contribution in [-0.4, -0.2) is 16.7 Å². The third-order valence-electron chi connectivity index (χ3n) is 2.97. The van der Waals surface area contributed by atoms with Crippen molar-refractivity contribution in [3.8, 4) is 0 Å². The van der Waals surface area contributed by atoms with Crippen LogP contribution in [-0.2, 0) is 6.42 Å². The van der Waals surface area contributed by atoms with Gasteiger partial charge < -0.3 is 10.4 Å². The maximum atomic E-state index is 9.91. The Labute approximate surface area is 98.7 Å². The molecule has 0 spiro atoms. The Morgan fingerprint density at radius 1 is 1.31 bits per heavy atom. The minimum atomic E-state index is -0.709. The van der Waals surface area contributed by atoms with Gasteiger partial charge in [-0.25, -0.2) is 0 Å². The zero-order valence-corrected chi connectivity index (χ0v) is 10.7. The summed E-state index contributed by atoms with van der Waals surface area (Å²) in [6.07, 6.45) is 2.21. The molecule has 1 atom stereocenters. The lowest BCUT2D eigenvalue weighted by Crippen LogP contribution is -2.39. The first-order valence-corrected chi connectivity index (χ1v) is 6.02. The molecule has 0 saturated heterocycles. The summed E-state index contributed by atoms with van der Waals surface area (Å²) in [4.78, 5) is 0. The van der Waals surface area contributed by atoms with Crippen molar-refractivity contribution < 1.29 is 5.11 Å². The predicted molar refractivity (Wildman–Crippen MR) is 69.8 cm³/mol. The van der Waals surface area contributed by atoms with Gasteiger partial charge in [0.1, 0.15) is 0 Å². The maximum Gasteiger partial charge on any atom is 0.0789 e. The number of hydrogen-bond donors (Lipinski definition) is 2. The van der Waals surface area contributed by atoms with Crippen molar-refractivity contribution in [1.82, 2.24) is 0 Å². The molecule has 0 fully saturated rings. The van der Waals surface area contributed by atoms with E-state index in [2.05, 4.69) is 30.4 Å². The van der Waals surface area contributed by atoms with Crippen LogP contribution in [0.2, 0.25) is 0 Å². The summed E-state index contributed by atoms with van der Waals surface area (Å²) in [6, 6.07) is 8.34. The lowest BCUT2D eigenvalue weighted by atomic mass is 9.99. The molecule has 0 amide bonds. The molecule has 1 aromatic rings. The molecule has 2 nitrogen and oxygen atoms in total. The van der Waals surface area contributed by atoms with Crippen molar-refractivity contribution in [3.05, 3.63) is 29.8 Å². The monoisotopic (exact) mass is 221 g/mol. The lowest BCUT2D eigenvalue weighted by molar-refractivity contribution is 0.0649. The summed E-state index contributed by atoms with van der Waals surface area (Å²) in [7, 11) is 0. The van der Waals surface area contributed by atoms with Gasteiger partial charge in [-0.1, -0.05) is 31.5 Å². The molecule has 16 heavy (non-hydrogen) atoms. The van der Waals surface area contributed by atoms with E-state index in [1.54, 1.807) is 0 Å². The minimum Gasteiger partial charge on any atom is -0.388 e. The minimum absolute atomic E-state index is 0.0329. The van der Waals surface area contributed by atoms with Gasteiger partial charge in [-0.05, 0) is 38.8 Å². The van der Waals surface area contributed by atoms with Crippen molar-refractivity contribution in [3.63, 3.8) is 0 Å². The summed E-state index contributed by atoms with van der Waals surface area (Å²) in [5.74, 6) is 0. The van der Waals surface area contributed by atoms with Crippen LogP contribution < -0.4 is 5.32 Å². The second-order valence-corrected chi connectivity index (χ2v) is 4.93. The second kappa shape index (κ2) is 5.35. The molecule has 1 aromatic carbocycles. The van der Waals surface area contributed by atoms with Gasteiger partial charge in [-0.3, -0.25) is 0 Å². The Morgan fingerprint density at radius 2 is 1.94 bits per heavy atom. The molecule has 0 bridgehead atoms. The van der Waals surface area contributed by atoms with Crippen LogP contribution >= 0.6 is 0 Å². The van der Waals surface area contributed by atoms with E-state index < -0.39 is 5.60 Å². The van der Waals surface area contributed by atoms with E-state index in [4.69, 9.17) is 0 Å². The van der Waals surface area contributed by atoms with Crippen molar-refractivity contribution >= 4 is 5.69 Å². The highest BCUT2D eigenvalue weighted by molar-refractivity contribution is 5.52. The fourth-order valence-electron chi connectivity index (χ4n) is 1.56. The number of hydrogen-bond acceptors (Lipinski definition) is 2. The van der Waals surface area contributed by atoms with Gasteiger partial charge >= 0.3 is 0 Å². The quantitative estimate of drug-likeness (QED) is 0.800. The average molecular weight is 221 g/mol. The Balaban J connectivity index is 2.80. The van der Waals surface area contributed by atoms with Crippen LogP contribution in [0.1, 0.15) is 39.7 Å². The summed E-state index contributed by atoms with van der Waals surface area (Å²) in [6.45, 7) is 7.83. The van der Waals surface area contributed by atoms with Gasteiger partial charge in [0.05, 0.1) is 11.6 Å². The van der Waals surface area contributed by atoms with Gasteiger partial charge in [-0.15, -0.1) is 0 Å². The van der Waals surface area contributed by atoms with Crippen LogP contribution in [0.5, 0.6) is 0 Å². The first kappa shape index (κ1) is 13.0. The number of benzene rings is 1. The van der Waals surface area contributed by atoms with Gasteiger partial charge in [0.25, 0.3) is 0 Å². The van der Waals surface area contributed by atoms with Crippen molar-refractivity contribution in [1.29, 1.82) is 0 Å². The summed E-state index contributed by atoms with van der Waals surface area (Å²) in [5, 5.41) is 13.3. The van der Waals surface area contributed by atoms with Crippen molar-refractivity contribution in [2.75, 3.05) is 5.32 Å². The summed E-state index contributed by atoms with van der Waals surface area (Å²) in [5.41, 5.74) is 1.75. The first-order valence-electron chi connectivity index (χ1n) is 6.02. The molecular weight excluding hydrogens is 198 g/mol. The highest BCUT2D eigenvalue weighted by Gasteiger charge is 2.22. The van der Waals surface area contributed by atoms with E-state index in [0.29, 0.717) is 0 Å². The fraction of sp³-hybridized carbons (Fsp3) is 0.571. The van der Waals surface area contributed by atoms with E-state index in [-0.39, 0.29) is 6.04 Å². The third kappa shape index (κ3) is 3.53. The highest BCUT2D eigenvalue weighted by atomic mass is 16.3. The van der Waals surface area contributed by atoms with E-state index in [1.165, 1.54) is 5.56 Å². The zero-order chi connectivity index (χ0) is 12.2. The number of rotatable bonds is 5. The van der Waals surface area contributed by atoms with Crippen LogP contribution in [0, 0.1) is 0 Å². The Morgan fingerprint density at radius 3 is 2.50 bits per heavy atom. The van der Waals surface area contributed by atoms with Crippen molar-refractivity contribution in [2.45, 2.75) is 52.2 Å². The third-order valence-corrected chi connectivity index (χ3v) is 2.97. The maximum absolute atomic E-state index is 9.91. The molecule has 1 unspecified atom stereocenters. The number of aryl methyl sites for hydroxylation is 1. The largest absolute Gasteiger partial charge is 0.388 e. The first-order chi connectivity index (χ1) is 7.45. The molecule has 2 heteroatoms.